The monoisotopic (exact) mass is 209 g/mol. The fraction of sp³-hybridized carbons (Fsp3) is 1.00. The van der Waals surface area contributed by atoms with Crippen LogP contribution in [0.4, 0.5) is 0 Å². The number of nitrogens with zero attached hydrogens (tertiary/aromatic N) is 1. The zero-order valence-electron chi connectivity index (χ0n) is 10.6. The van der Waals surface area contributed by atoms with Crippen LogP contribution >= 0.6 is 0 Å². The maximum atomic E-state index is 2.62. The van der Waals surface area contributed by atoms with Crippen molar-refractivity contribution in [3.8, 4) is 0 Å². The first-order valence-corrected chi connectivity index (χ1v) is 7.00. The van der Waals surface area contributed by atoms with Crippen molar-refractivity contribution in [3.05, 3.63) is 0 Å². The van der Waals surface area contributed by atoms with Gasteiger partial charge in [-0.2, -0.15) is 0 Å². The molecule has 2 fully saturated rings. The van der Waals surface area contributed by atoms with Crippen LogP contribution in [0.3, 0.4) is 0 Å². The molecule has 0 unspecified atom stereocenters. The summed E-state index contributed by atoms with van der Waals surface area (Å²) >= 11 is 0. The highest BCUT2D eigenvalue weighted by atomic mass is 15.1. The van der Waals surface area contributed by atoms with E-state index >= 15 is 0 Å². The molecule has 0 bridgehead atoms. The van der Waals surface area contributed by atoms with Crippen molar-refractivity contribution in [2.75, 3.05) is 19.6 Å². The third kappa shape index (κ3) is 2.55. The van der Waals surface area contributed by atoms with E-state index < -0.39 is 0 Å². The molecule has 0 amide bonds. The standard InChI is InChI=1S/C14H27N/c1-3-5-6-13-11-14(12-13)7-9-15(4-2)10-8-14/h13H,3-12H2,1-2H3. The molecule has 0 aromatic rings. The number of rotatable bonds is 4. The van der Waals surface area contributed by atoms with Gasteiger partial charge in [0.05, 0.1) is 0 Å². The highest BCUT2D eigenvalue weighted by Crippen LogP contribution is 2.53. The summed E-state index contributed by atoms with van der Waals surface area (Å²) in [4.78, 5) is 2.62. The zero-order valence-corrected chi connectivity index (χ0v) is 10.6. The lowest BCUT2D eigenvalue weighted by Crippen LogP contribution is -2.46. The highest BCUT2D eigenvalue weighted by molar-refractivity contribution is 4.96. The number of likely N-dealkylation sites (tertiary alicyclic amines) is 1. The van der Waals surface area contributed by atoms with Crippen LogP contribution in [-0.2, 0) is 0 Å². The van der Waals surface area contributed by atoms with Crippen LogP contribution in [0, 0.1) is 11.3 Å². The van der Waals surface area contributed by atoms with Crippen LogP contribution < -0.4 is 0 Å². The second-order valence-corrected chi connectivity index (χ2v) is 5.85. The summed E-state index contributed by atoms with van der Waals surface area (Å²) in [6.07, 6.45) is 10.5. The minimum atomic E-state index is 0.810. The Labute approximate surface area is 95.2 Å². The first-order chi connectivity index (χ1) is 7.28. The summed E-state index contributed by atoms with van der Waals surface area (Å²) in [6, 6.07) is 0. The van der Waals surface area contributed by atoms with E-state index in [2.05, 4.69) is 18.7 Å². The minimum Gasteiger partial charge on any atom is -0.304 e. The fourth-order valence-corrected chi connectivity index (χ4v) is 3.61. The molecule has 88 valence electrons. The first-order valence-electron chi connectivity index (χ1n) is 7.00. The van der Waals surface area contributed by atoms with E-state index in [1.807, 2.05) is 0 Å². The zero-order chi connectivity index (χ0) is 10.7. The lowest BCUT2D eigenvalue weighted by Gasteiger charge is -2.52. The topological polar surface area (TPSA) is 3.24 Å². The molecule has 1 saturated carbocycles. The van der Waals surface area contributed by atoms with E-state index in [9.17, 15) is 0 Å². The van der Waals surface area contributed by atoms with Crippen molar-refractivity contribution in [1.29, 1.82) is 0 Å². The van der Waals surface area contributed by atoms with Gasteiger partial charge in [0.15, 0.2) is 0 Å². The SMILES string of the molecule is CCCCC1CC2(CCN(CC)CC2)C1. The third-order valence-electron chi connectivity index (χ3n) is 4.77. The molecule has 0 atom stereocenters. The van der Waals surface area contributed by atoms with Crippen LogP contribution in [0.5, 0.6) is 0 Å². The molecule has 15 heavy (non-hydrogen) atoms. The van der Waals surface area contributed by atoms with Crippen LogP contribution in [0.1, 0.15) is 58.8 Å². The summed E-state index contributed by atoms with van der Waals surface area (Å²) < 4.78 is 0. The Hall–Kier alpha value is -0.0400. The number of piperidine rings is 1. The van der Waals surface area contributed by atoms with Crippen molar-refractivity contribution in [1.82, 2.24) is 4.90 Å². The van der Waals surface area contributed by atoms with Gasteiger partial charge in [0, 0.05) is 0 Å². The Morgan fingerprint density at radius 1 is 1.13 bits per heavy atom. The van der Waals surface area contributed by atoms with Gasteiger partial charge < -0.3 is 4.90 Å². The molecule has 2 aliphatic rings. The number of hydrogen-bond donors (Lipinski definition) is 0. The van der Waals surface area contributed by atoms with Crippen molar-refractivity contribution >= 4 is 0 Å². The van der Waals surface area contributed by atoms with Gasteiger partial charge in [0.1, 0.15) is 0 Å². The van der Waals surface area contributed by atoms with Gasteiger partial charge in [0.25, 0.3) is 0 Å². The lowest BCUT2D eigenvalue weighted by molar-refractivity contribution is -0.0154. The molecule has 1 heterocycles. The molecule has 0 N–H and O–H groups in total. The Kier molecular flexibility index (Phi) is 3.71. The molecule has 0 radical (unpaired) electrons. The van der Waals surface area contributed by atoms with Crippen LogP contribution in [-0.4, -0.2) is 24.5 Å². The van der Waals surface area contributed by atoms with E-state index in [0.717, 1.165) is 11.3 Å². The van der Waals surface area contributed by atoms with Crippen molar-refractivity contribution < 1.29 is 0 Å². The molecule has 1 saturated heterocycles. The van der Waals surface area contributed by atoms with Crippen LogP contribution in [0.15, 0.2) is 0 Å². The van der Waals surface area contributed by atoms with Crippen LogP contribution in [0.25, 0.3) is 0 Å². The largest absolute Gasteiger partial charge is 0.304 e. The average molecular weight is 209 g/mol. The summed E-state index contributed by atoms with van der Waals surface area (Å²) in [7, 11) is 0. The first kappa shape index (κ1) is 11.4. The van der Waals surface area contributed by atoms with Gasteiger partial charge in [-0.25, -0.2) is 0 Å². The summed E-state index contributed by atoms with van der Waals surface area (Å²) in [5.74, 6) is 1.10. The number of hydrogen-bond acceptors (Lipinski definition) is 1. The van der Waals surface area contributed by atoms with E-state index in [1.54, 1.807) is 12.8 Å². The van der Waals surface area contributed by atoms with Gasteiger partial charge in [0.2, 0.25) is 0 Å². The van der Waals surface area contributed by atoms with Gasteiger partial charge in [-0.3, -0.25) is 0 Å². The molecule has 1 heteroatoms. The van der Waals surface area contributed by atoms with Crippen LogP contribution in [0.2, 0.25) is 0 Å². The normalized spacial score (nSPS) is 26.8. The highest BCUT2D eigenvalue weighted by Gasteiger charge is 2.44. The Morgan fingerprint density at radius 3 is 2.33 bits per heavy atom. The van der Waals surface area contributed by atoms with Gasteiger partial charge in [-0.05, 0) is 56.7 Å². The molecule has 1 nitrogen and oxygen atoms in total. The summed E-state index contributed by atoms with van der Waals surface area (Å²) in [5.41, 5.74) is 0.810. The Balaban J connectivity index is 1.69. The maximum absolute atomic E-state index is 2.62. The second kappa shape index (κ2) is 4.86. The molecule has 1 spiro atoms. The molecular formula is C14H27N. The van der Waals surface area contributed by atoms with Gasteiger partial charge in [-0.15, -0.1) is 0 Å². The Bertz CT molecular complexity index is 184. The quantitative estimate of drug-likeness (QED) is 0.682. The molecule has 1 aliphatic carbocycles. The van der Waals surface area contributed by atoms with Crippen molar-refractivity contribution in [2.45, 2.75) is 58.8 Å². The van der Waals surface area contributed by atoms with Gasteiger partial charge >= 0.3 is 0 Å². The third-order valence-corrected chi connectivity index (χ3v) is 4.77. The molecular weight excluding hydrogens is 182 g/mol. The molecule has 0 aromatic heterocycles. The predicted octanol–water partition coefficient (Wildman–Crippen LogP) is 3.69. The maximum Gasteiger partial charge on any atom is -0.00135 e. The predicted molar refractivity (Wildman–Crippen MR) is 66.0 cm³/mol. The van der Waals surface area contributed by atoms with Gasteiger partial charge in [-0.1, -0.05) is 33.1 Å². The molecule has 2 rings (SSSR count). The van der Waals surface area contributed by atoms with E-state index in [0.29, 0.717) is 0 Å². The van der Waals surface area contributed by atoms with Crippen molar-refractivity contribution in [3.63, 3.8) is 0 Å². The molecule has 0 aromatic carbocycles. The molecule has 1 aliphatic heterocycles. The minimum absolute atomic E-state index is 0.810. The number of unbranched alkanes of at least 4 members (excludes halogenated alkanes) is 1. The Morgan fingerprint density at radius 2 is 1.80 bits per heavy atom. The van der Waals surface area contributed by atoms with E-state index in [4.69, 9.17) is 0 Å². The summed E-state index contributed by atoms with van der Waals surface area (Å²) in [6.45, 7) is 8.61. The summed E-state index contributed by atoms with van der Waals surface area (Å²) in [5, 5.41) is 0. The fourth-order valence-electron chi connectivity index (χ4n) is 3.61. The second-order valence-electron chi connectivity index (χ2n) is 5.85. The average Bonchev–Trinajstić information content (AvgIpc) is 2.24. The van der Waals surface area contributed by atoms with E-state index in [-0.39, 0.29) is 0 Å². The smallest absolute Gasteiger partial charge is 0.00135 e. The van der Waals surface area contributed by atoms with Crippen molar-refractivity contribution in [2.24, 2.45) is 11.3 Å². The lowest BCUT2D eigenvalue weighted by atomic mass is 9.56. The van der Waals surface area contributed by atoms with E-state index in [1.165, 1.54) is 51.7 Å².